The van der Waals surface area contributed by atoms with E-state index in [1.165, 1.54) is 4.57 Å². The Morgan fingerprint density at radius 2 is 2.24 bits per heavy atom. The first kappa shape index (κ1) is 11.4. The number of benzene rings is 1. The first-order valence-corrected chi connectivity index (χ1v) is 5.67. The number of carbonyl (C=O) groups excluding carboxylic acids is 1. The minimum atomic E-state index is -0.397. The highest BCUT2D eigenvalue weighted by atomic mass is 16.2. The predicted molar refractivity (Wildman–Crippen MR) is 67.1 cm³/mol. The number of hydrogen-bond acceptors (Lipinski definition) is 3. The van der Waals surface area contributed by atoms with Crippen molar-refractivity contribution in [1.29, 1.82) is 0 Å². The molecule has 2 aromatic rings. The van der Waals surface area contributed by atoms with Crippen LogP contribution in [0.3, 0.4) is 0 Å². The molecule has 0 unspecified atom stereocenters. The van der Waals surface area contributed by atoms with Gasteiger partial charge in [-0.15, -0.1) is 0 Å². The maximum atomic E-state index is 11.9. The molecule has 3 N–H and O–H groups in total. The predicted octanol–water partition coefficient (Wildman–Crippen LogP) is 1.74. The van der Waals surface area contributed by atoms with Gasteiger partial charge in [-0.05, 0) is 24.6 Å². The second kappa shape index (κ2) is 4.45. The van der Waals surface area contributed by atoms with Crippen LogP contribution in [0.4, 0.5) is 5.69 Å². The molecule has 0 radical (unpaired) electrons. The molecule has 0 bridgehead atoms. The second-order valence-corrected chi connectivity index (χ2v) is 4.04. The van der Waals surface area contributed by atoms with Crippen molar-refractivity contribution in [1.82, 2.24) is 9.55 Å². The summed E-state index contributed by atoms with van der Waals surface area (Å²) in [6.45, 7) is 2.01. The Morgan fingerprint density at radius 1 is 1.47 bits per heavy atom. The molecule has 90 valence electrons. The van der Waals surface area contributed by atoms with Crippen LogP contribution in [-0.2, 0) is 0 Å². The number of aromatic nitrogens is 2. The van der Waals surface area contributed by atoms with Crippen molar-refractivity contribution in [2.45, 2.75) is 26.2 Å². The smallest absolute Gasteiger partial charge is 0.333 e. The quantitative estimate of drug-likeness (QED) is 0.792. The Hall–Kier alpha value is -2.04. The van der Waals surface area contributed by atoms with Crippen LogP contribution < -0.4 is 11.4 Å². The molecule has 1 aromatic carbocycles. The third kappa shape index (κ3) is 2.08. The van der Waals surface area contributed by atoms with Gasteiger partial charge in [0.15, 0.2) is 0 Å². The molecule has 0 amide bonds. The van der Waals surface area contributed by atoms with Gasteiger partial charge in [0.1, 0.15) is 0 Å². The number of anilines is 1. The molecule has 1 aromatic heterocycles. The molecule has 0 aliphatic carbocycles. The van der Waals surface area contributed by atoms with Gasteiger partial charge < -0.3 is 10.7 Å². The van der Waals surface area contributed by atoms with Crippen LogP contribution in [0.5, 0.6) is 0 Å². The SMILES string of the molecule is CCCCC(=O)n1c(=O)[nH]c2cc(N)ccc21. The molecular weight excluding hydrogens is 218 g/mol. The number of rotatable bonds is 3. The van der Waals surface area contributed by atoms with Crippen LogP contribution in [0, 0.1) is 0 Å². The van der Waals surface area contributed by atoms with Gasteiger partial charge in [0, 0.05) is 12.1 Å². The van der Waals surface area contributed by atoms with E-state index in [1.807, 2.05) is 6.92 Å². The molecule has 0 aliphatic rings. The van der Waals surface area contributed by atoms with E-state index in [0.29, 0.717) is 23.1 Å². The fourth-order valence-electron chi connectivity index (χ4n) is 1.82. The maximum Gasteiger partial charge on any atom is 0.333 e. The summed E-state index contributed by atoms with van der Waals surface area (Å²) in [7, 11) is 0. The number of carbonyl (C=O) groups is 1. The van der Waals surface area contributed by atoms with E-state index >= 15 is 0 Å². The molecule has 0 aliphatic heterocycles. The molecule has 0 spiro atoms. The molecule has 5 heteroatoms. The van der Waals surface area contributed by atoms with Crippen molar-refractivity contribution < 1.29 is 4.79 Å². The molecule has 17 heavy (non-hydrogen) atoms. The van der Waals surface area contributed by atoms with Gasteiger partial charge in [-0.1, -0.05) is 13.3 Å². The number of imidazole rings is 1. The number of nitrogens with two attached hydrogens (primary N) is 1. The average molecular weight is 233 g/mol. The van der Waals surface area contributed by atoms with Crippen LogP contribution >= 0.6 is 0 Å². The largest absolute Gasteiger partial charge is 0.399 e. The molecule has 0 saturated heterocycles. The van der Waals surface area contributed by atoms with Crippen molar-refractivity contribution in [2.24, 2.45) is 0 Å². The summed E-state index contributed by atoms with van der Waals surface area (Å²) in [6, 6.07) is 5.02. The van der Waals surface area contributed by atoms with E-state index in [1.54, 1.807) is 18.2 Å². The monoisotopic (exact) mass is 233 g/mol. The van der Waals surface area contributed by atoms with Crippen molar-refractivity contribution in [3.63, 3.8) is 0 Å². The van der Waals surface area contributed by atoms with Crippen molar-refractivity contribution in [3.8, 4) is 0 Å². The first-order valence-electron chi connectivity index (χ1n) is 5.67. The number of nitrogen functional groups attached to an aromatic ring is 1. The summed E-state index contributed by atoms with van der Waals surface area (Å²) in [5, 5.41) is 0. The van der Waals surface area contributed by atoms with Crippen LogP contribution in [0.2, 0.25) is 0 Å². The Balaban J connectivity index is 2.50. The number of aromatic amines is 1. The van der Waals surface area contributed by atoms with Gasteiger partial charge in [-0.2, -0.15) is 0 Å². The minimum Gasteiger partial charge on any atom is -0.399 e. The van der Waals surface area contributed by atoms with Crippen molar-refractivity contribution >= 4 is 22.6 Å². The molecule has 5 nitrogen and oxygen atoms in total. The van der Waals surface area contributed by atoms with Gasteiger partial charge in [0.05, 0.1) is 11.0 Å². The van der Waals surface area contributed by atoms with Crippen LogP contribution in [0.25, 0.3) is 11.0 Å². The third-order valence-corrected chi connectivity index (χ3v) is 2.70. The number of fused-ring (bicyclic) bond motifs is 1. The molecule has 0 fully saturated rings. The molecule has 2 rings (SSSR count). The number of unbranched alkanes of at least 4 members (excludes halogenated alkanes) is 1. The molecule has 1 heterocycles. The first-order chi connectivity index (χ1) is 8.13. The Morgan fingerprint density at radius 3 is 2.94 bits per heavy atom. The lowest BCUT2D eigenvalue weighted by atomic mass is 10.2. The highest BCUT2D eigenvalue weighted by Crippen LogP contribution is 2.14. The number of nitrogens with one attached hydrogen (secondary N) is 1. The molecule has 0 saturated carbocycles. The Labute approximate surface area is 98.2 Å². The average Bonchev–Trinajstić information content (AvgIpc) is 2.61. The third-order valence-electron chi connectivity index (χ3n) is 2.70. The fraction of sp³-hybridized carbons (Fsp3) is 0.333. The summed E-state index contributed by atoms with van der Waals surface area (Å²) in [5.74, 6) is -0.173. The lowest BCUT2D eigenvalue weighted by Crippen LogP contribution is -2.23. The van der Waals surface area contributed by atoms with Crippen LogP contribution in [0.1, 0.15) is 31.0 Å². The van der Waals surface area contributed by atoms with E-state index in [-0.39, 0.29) is 5.91 Å². The summed E-state index contributed by atoms with van der Waals surface area (Å²) >= 11 is 0. The highest BCUT2D eigenvalue weighted by molar-refractivity contribution is 5.91. The van der Waals surface area contributed by atoms with E-state index in [4.69, 9.17) is 5.73 Å². The van der Waals surface area contributed by atoms with Gasteiger partial charge in [0.25, 0.3) is 0 Å². The fourth-order valence-corrected chi connectivity index (χ4v) is 1.82. The Kier molecular flexibility index (Phi) is 2.99. The van der Waals surface area contributed by atoms with E-state index in [2.05, 4.69) is 4.98 Å². The summed E-state index contributed by atoms with van der Waals surface area (Å²) in [4.78, 5) is 26.2. The van der Waals surface area contributed by atoms with E-state index < -0.39 is 5.69 Å². The molecule has 0 atom stereocenters. The lowest BCUT2D eigenvalue weighted by molar-refractivity contribution is 0.0901. The normalized spacial score (nSPS) is 10.9. The number of hydrogen-bond donors (Lipinski definition) is 2. The summed E-state index contributed by atoms with van der Waals surface area (Å²) < 4.78 is 1.18. The number of H-pyrrole nitrogens is 1. The standard InChI is InChI=1S/C12H15N3O2/c1-2-3-4-11(16)15-10-6-5-8(13)7-9(10)14-12(15)17/h5-7H,2-4,13H2,1H3,(H,14,17). The second-order valence-electron chi connectivity index (χ2n) is 4.04. The highest BCUT2D eigenvalue weighted by Gasteiger charge is 2.13. The van der Waals surface area contributed by atoms with Gasteiger partial charge in [-0.25, -0.2) is 9.36 Å². The summed E-state index contributed by atoms with van der Waals surface area (Å²) in [6.07, 6.45) is 2.09. The van der Waals surface area contributed by atoms with Crippen LogP contribution in [0.15, 0.2) is 23.0 Å². The zero-order valence-electron chi connectivity index (χ0n) is 9.69. The van der Waals surface area contributed by atoms with E-state index in [0.717, 1.165) is 12.8 Å². The van der Waals surface area contributed by atoms with Gasteiger partial charge in [0.2, 0.25) is 5.91 Å². The van der Waals surface area contributed by atoms with Crippen molar-refractivity contribution in [3.05, 3.63) is 28.7 Å². The van der Waals surface area contributed by atoms with Crippen molar-refractivity contribution in [2.75, 3.05) is 5.73 Å². The Bertz CT molecular complexity index is 610. The maximum absolute atomic E-state index is 11.9. The zero-order valence-corrected chi connectivity index (χ0v) is 9.69. The number of nitrogens with zero attached hydrogens (tertiary/aromatic N) is 1. The minimum absolute atomic E-state index is 0.173. The summed E-state index contributed by atoms with van der Waals surface area (Å²) in [5.41, 5.74) is 6.97. The zero-order chi connectivity index (χ0) is 12.4. The van der Waals surface area contributed by atoms with Gasteiger partial charge in [-0.3, -0.25) is 4.79 Å². The molecular formula is C12H15N3O2. The van der Waals surface area contributed by atoms with Gasteiger partial charge >= 0.3 is 5.69 Å². The topological polar surface area (TPSA) is 80.9 Å². The van der Waals surface area contributed by atoms with Crippen LogP contribution in [-0.4, -0.2) is 15.5 Å². The van der Waals surface area contributed by atoms with E-state index in [9.17, 15) is 9.59 Å². The lowest BCUT2D eigenvalue weighted by Gasteiger charge is -2.01.